The van der Waals surface area contributed by atoms with E-state index < -0.39 is 28.5 Å². The Hall–Kier alpha value is -3.36. The fourth-order valence-corrected chi connectivity index (χ4v) is 5.16. The summed E-state index contributed by atoms with van der Waals surface area (Å²) < 4.78 is 28.3. The van der Waals surface area contributed by atoms with Crippen LogP contribution < -0.4 is 9.62 Å². The summed E-state index contributed by atoms with van der Waals surface area (Å²) in [5, 5.41) is 3.23. The van der Waals surface area contributed by atoms with Gasteiger partial charge in [-0.1, -0.05) is 60.1 Å². The molecule has 36 heavy (non-hydrogen) atoms. The maximum Gasteiger partial charge on any atom is 0.264 e. The van der Waals surface area contributed by atoms with Crippen LogP contribution in [0, 0.1) is 0 Å². The number of halogens is 1. The van der Waals surface area contributed by atoms with Crippen molar-refractivity contribution in [1.82, 2.24) is 10.2 Å². The molecule has 9 heteroatoms. The molecule has 0 radical (unpaired) electrons. The van der Waals surface area contributed by atoms with E-state index >= 15 is 0 Å². The van der Waals surface area contributed by atoms with Crippen LogP contribution in [0.1, 0.15) is 26.3 Å². The highest BCUT2D eigenvalue weighted by Crippen LogP contribution is 2.25. The lowest BCUT2D eigenvalue weighted by atomic mass is 10.1. The lowest BCUT2D eigenvalue weighted by molar-refractivity contribution is -0.139. The van der Waals surface area contributed by atoms with Gasteiger partial charge in [-0.2, -0.15) is 0 Å². The molecule has 0 fully saturated rings. The molecule has 0 saturated heterocycles. The van der Waals surface area contributed by atoms with E-state index in [9.17, 15) is 18.0 Å². The maximum absolute atomic E-state index is 13.7. The molecule has 0 spiro atoms. The van der Waals surface area contributed by atoms with Gasteiger partial charge in [-0.15, -0.1) is 0 Å². The quantitative estimate of drug-likeness (QED) is 0.421. The van der Waals surface area contributed by atoms with E-state index in [1.54, 1.807) is 37.3 Å². The molecule has 1 unspecified atom stereocenters. The minimum absolute atomic E-state index is 0.00348. The second-order valence-corrected chi connectivity index (χ2v) is 10.9. The van der Waals surface area contributed by atoms with Gasteiger partial charge in [0.05, 0.1) is 10.6 Å². The number of carbonyl (C=O) groups excluding carboxylic acids is 2. The molecule has 3 aromatic rings. The third-order valence-corrected chi connectivity index (χ3v) is 7.56. The predicted molar refractivity (Wildman–Crippen MR) is 142 cm³/mol. The van der Waals surface area contributed by atoms with Gasteiger partial charge in [-0.25, -0.2) is 8.42 Å². The SMILES string of the molecule is CC(C)NC(=O)C(C)N(Cc1ccccc1)C(=O)CN(c1ccccc1)S(=O)(=O)c1ccc(Cl)cc1. The van der Waals surface area contributed by atoms with Crippen LogP contribution in [0.4, 0.5) is 5.69 Å². The predicted octanol–water partition coefficient (Wildman–Crippen LogP) is 4.48. The minimum atomic E-state index is -4.11. The first-order valence-electron chi connectivity index (χ1n) is 11.6. The van der Waals surface area contributed by atoms with Crippen LogP contribution in [-0.4, -0.2) is 43.8 Å². The zero-order chi connectivity index (χ0) is 26.3. The molecule has 7 nitrogen and oxygen atoms in total. The number of amides is 2. The highest BCUT2D eigenvalue weighted by atomic mass is 35.5. The first-order valence-corrected chi connectivity index (χ1v) is 13.4. The summed E-state index contributed by atoms with van der Waals surface area (Å²) in [6.07, 6.45) is 0. The van der Waals surface area contributed by atoms with Crippen molar-refractivity contribution in [3.63, 3.8) is 0 Å². The fourth-order valence-electron chi connectivity index (χ4n) is 3.62. The molecule has 0 saturated carbocycles. The molecular formula is C27H30ClN3O4S. The lowest BCUT2D eigenvalue weighted by Gasteiger charge is -2.32. The number of para-hydroxylation sites is 1. The van der Waals surface area contributed by atoms with Gasteiger partial charge in [0, 0.05) is 17.6 Å². The number of benzene rings is 3. The summed E-state index contributed by atoms with van der Waals surface area (Å²) >= 11 is 5.95. The number of hydrogen-bond acceptors (Lipinski definition) is 4. The Morgan fingerprint density at radius 1 is 0.861 bits per heavy atom. The molecule has 0 aliphatic rings. The molecule has 3 rings (SSSR count). The Morgan fingerprint density at radius 2 is 1.42 bits per heavy atom. The van der Waals surface area contributed by atoms with Crippen molar-refractivity contribution >= 4 is 39.1 Å². The molecule has 0 bridgehead atoms. The smallest absolute Gasteiger partial charge is 0.264 e. The van der Waals surface area contributed by atoms with Crippen molar-refractivity contribution in [3.8, 4) is 0 Å². The van der Waals surface area contributed by atoms with E-state index in [0.717, 1.165) is 9.87 Å². The number of hydrogen-bond donors (Lipinski definition) is 1. The molecule has 1 atom stereocenters. The third kappa shape index (κ3) is 6.86. The van der Waals surface area contributed by atoms with Crippen LogP contribution in [0.3, 0.4) is 0 Å². The molecule has 2 amide bonds. The average molecular weight is 528 g/mol. The summed E-state index contributed by atoms with van der Waals surface area (Å²) in [5.41, 5.74) is 1.15. The van der Waals surface area contributed by atoms with Gasteiger partial charge in [-0.3, -0.25) is 13.9 Å². The second kappa shape index (κ2) is 12.1. The zero-order valence-corrected chi connectivity index (χ0v) is 22.0. The van der Waals surface area contributed by atoms with Gasteiger partial charge in [0.15, 0.2) is 0 Å². The molecule has 0 aliphatic heterocycles. The number of carbonyl (C=O) groups is 2. The van der Waals surface area contributed by atoms with Crippen molar-refractivity contribution in [2.24, 2.45) is 0 Å². The van der Waals surface area contributed by atoms with Crippen LogP contribution in [0.15, 0.2) is 89.8 Å². The highest BCUT2D eigenvalue weighted by molar-refractivity contribution is 7.92. The average Bonchev–Trinajstić information content (AvgIpc) is 2.86. The summed E-state index contributed by atoms with van der Waals surface area (Å²) in [4.78, 5) is 28.0. The fraction of sp³-hybridized carbons (Fsp3) is 0.259. The van der Waals surface area contributed by atoms with Crippen LogP contribution in [0.5, 0.6) is 0 Å². The van der Waals surface area contributed by atoms with Gasteiger partial charge in [0.25, 0.3) is 10.0 Å². The third-order valence-electron chi connectivity index (χ3n) is 5.52. The Kier molecular flexibility index (Phi) is 9.12. The highest BCUT2D eigenvalue weighted by Gasteiger charge is 2.32. The Labute approximate surface area is 217 Å². The van der Waals surface area contributed by atoms with Crippen LogP contribution >= 0.6 is 11.6 Å². The normalized spacial score (nSPS) is 12.1. The molecule has 190 valence electrons. The zero-order valence-electron chi connectivity index (χ0n) is 20.5. The Morgan fingerprint density at radius 3 is 1.97 bits per heavy atom. The Balaban J connectivity index is 1.99. The van der Waals surface area contributed by atoms with Crippen LogP contribution in [0.2, 0.25) is 5.02 Å². The topological polar surface area (TPSA) is 86.8 Å². The first-order chi connectivity index (χ1) is 17.1. The van der Waals surface area contributed by atoms with E-state index in [0.29, 0.717) is 10.7 Å². The van der Waals surface area contributed by atoms with E-state index in [-0.39, 0.29) is 23.4 Å². The van der Waals surface area contributed by atoms with Crippen molar-refractivity contribution in [1.29, 1.82) is 0 Å². The largest absolute Gasteiger partial charge is 0.352 e. The minimum Gasteiger partial charge on any atom is -0.352 e. The summed E-state index contributed by atoms with van der Waals surface area (Å²) in [5.74, 6) is -0.826. The number of nitrogens with zero attached hydrogens (tertiary/aromatic N) is 2. The number of rotatable bonds is 10. The second-order valence-electron chi connectivity index (χ2n) is 8.65. The molecule has 0 aromatic heterocycles. The summed E-state index contributed by atoms with van der Waals surface area (Å²) in [6, 6.07) is 22.5. The monoisotopic (exact) mass is 527 g/mol. The molecule has 3 aromatic carbocycles. The van der Waals surface area contributed by atoms with Gasteiger partial charge in [0.2, 0.25) is 11.8 Å². The van der Waals surface area contributed by atoms with Crippen molar-refractivity contribution in [2.45, 2.75) is 44.3 Å². The van der Waals surface area contributed by atoms with Crippen molar-refractivity contribution < 1.29 is 18.0 Å². The van der Waals surface area contributed by atoms with E-state index in [4.69, 9.17) is 11.6 Å². The van der Waals surface area contributed by atoms with Crippen LogP contribution in [-0.2, 0) is 26.2 Å². The van der Waals surface area contributed by atoms with Crippen molar-refractivity contribution in [3.05, 3.63) is 95.5 Å². The van der Waals surface area contributed by atoms with Gasteiger partial charge in [0.1, 0.15) is 12.6 Å². The Bertz CT molecular complexity index is 1270. The molecular weight excluding hydrogens is 498 g/mol. The van der Waals surface area contributed by atoms with Crippen molar-refractivity contribution in [2.75, 3.05) is 10.8 Å². The number of nitrogens with one attached hydrogen (secondary N) is 1. The lowest BCUT2D eigenvalue weighted by Crippen LogP contribution is -2.52. The van der Waals surface area contributed by atoms with Crippen LogP contribution in [0.25, 0.3) is 0 Å². The number of sulfonamides is 1. The van der Waals surface area contributed by atoms with Gasteiger partial charge >= 0.3 is 0 Å². The summed E-state index contributed by atoms with van der Waals surface area (Å²) in [7, 11) is -4.11. The molecule has 0 heterocycles. The molecule has 1 N–H and O–H groups in total. The summed E-state index contributed by atoms with van der Waals surface area (Å²) in [6.45, 7) is 4.98. The van der Waals surface area contributed by atoms with E-state index in [2.05, 4.69) is 5.32 Å². The maximum atomic E-state index is 13.7. The van der Waals surface area contributed by atoms with E-state index in [1.807, 2.05) is 44.2 Å². The van der Waals surface area contributed by atoms with Gasteiger partial charge < -0.3 is 10.2 Å². The van der Waals surface area contributed by atoms with E-state index in [1.165, 1.54) is 29.2 Å². The first kappa shape index (κ1) is 27.2. The van der Waals surface area contributed by atoms with Gasteiger partial charge in [-0.05, 0) is 62.7 Å². The molecule has 0 aliphatic carbocycles. The number of anilines is 1. The standard InChI is InChI=1S/C27H30ClN3O4S/c1-20(2)29-27(33)21(3)30(18-22-10-6-4-7-11-22)26(32)19-31(24-12-8-5-9-13-24)36(34,35)25-16-14-23(28)15-17-25/h4-17,20-21H,18-19H2,1-3H3,(H,29,33).